The maximum Gasteiger partial charge on any atom is 0.251 e. The average Bonchev–Trinajstić information content (AvgIpc) is 3.02. The fourth-order valence-electron chi connectivity index (χ4n) is 1.31. The topological polar surface area (TPSA) is 29.1 Å². The van der Waals surface area contributed by atoms with Gasteiger partial charge >= 0.3 is 0 Å². The first-order valence-electron chi connectivity index (χ1n) is 4.86. The van der Waals surface area contributed by atoms with Gasteiger partial charge in [0.1, 0.15) is 0 Å². The summed E-state index contributed by atoms with van der Waals surface area (Å²) in [7, 11) is 0. The van der Waals surface area contributed by atoms with Gasteiger partial charge in [0.25, 0.3) is 5.91 Å². The second kappa shape index (κ2) is 4.42. The lowest BCUT2D eigenvalue weighted by Crippen LogP contribution is -2.25. The third-order valence-corrected chi connectivity index (χ3v) is 3.02. The van der Waals surface area contributed by atoms with E-state index in [0.29, 0.717) is 22.5 Å². The molecule has 1 saturated carbocycles. The Bertz CT molecular complexity index is 388. The molecule has 1 N–H and O–H groups in total. The zero-order valence-electron chi connectivity index (χ0n) is 8.09. The van der Waals surface area contributed by atoms with Gasteiger partial charge in [0.05, 0.1) is 0 Å². The number of benzene rings is 1. The summed E-state index contributed by atoms with van der Waals surface area (Å²) >= 11 is 11.6. The van der Waals surface area contributed by atoms with Crippen LogP contribution in [-0.2, 0) is 5.88 Å². The summed E-state index contributed by atoms with van der Waals surface area (Å²) in [5.41, 5.74) is 1.42. The molecule has 1 aromatic rings. The fraction of sp³-hybridized carbons (Fsp3) is 0.364. The van der Waals surface area contributed by atoms with Crippen molar-refractivity contribution in [2.24, 2.45) is 0 Å². The molecule has 1 amide bonds. The molecule has 0 aromatic heterocycles. The Morgan fingerprint density at radius 1 is 1.47 bits per heavy atom. The lowest BCUT2D eigenvalue weighted by Gasteiger charge is -2.05. The number of amides is 1. The van der Waals surface area contributed by atoms with Crippen molar-refractivity contribution in [2.45, 2.75) is 24.8 Å². The highest BCUT2D eigenvalue weighted by molar-refractivity contribution is 6.32. The monoisotopic (exact) mass is 243 g/mol. The van der Waals surface area contributed by atoms with E-state index in [4.69, 9.17) is 23.2 Å². The molecular weight excluding hydrogens is 233 g/mol. The summed E-state index contributed by atoms with van der Waals surface area (Å²) in [5, 5.41) is 3.52. The van der Waals surface area contributed by atoms with Crippen LogP contribution < -0.4 is 5.32 Å². The van der Waals surface area contributed by atoms with Gasteiger partial charge in [0.15, 0.2) is 0 Å². The highest BCUT2D eigenvalue weighted by Crippen LogP contribution is 2.22. The molecule has 0 heterocycles. The summed E-state index contributed by atoms with van der Waals surface area (Å²) < 4.78 is 0. The van der Waals surface area contributed by atoms with Crippen molar-refractivity contribution in [1.29, 1.82) is 0 Å². The smallest absolute Gasteiger partial charge is 0.251 e. The molecule has 0 unspecified atom stereocenters. The minimum Gasteiger partial charge on any atom is -0.349 e. The van der Waals surface area contributed by atoms with Crippen molar-refractivity contribution < 1.29 is 4.79 Å². The van der Waals surface area contributed by atoms with Gasteiger partial charge in [-0.2, -0.15) is 0 Å². The van der Waals surface area contributed by atoms with E-state index >= 15 is 0 Å². The number of alkyl halides is 1. The molecule has 2 nitrogen and oxygen atoms in total. The Hall–Kier alpha value is -0.730. The van der Waals surface area contributed by atoms with Crippen molar-refractivity contribution in [3.05, 3.63) is 34.3 Å². The van der Waals surface area contributed by atoms with Crippen LogP contribution in [0.15, 0.2) is 18.2 Å². The SMILES string of the molecule is O=C(NC1CC1)c1ccc(Cl)c(CCl)c1. The van der Waals surface area contributed by atoms with Crippen LogP contribution in [-0.4, -0.2) is 11.9 Å². The molecule has 0 spiro atoms. The molecule has 4 heteroatoms. The molecule has 0 radical (unpaired) electrons. The van der Waals surface area contributed by atoms with Crippen LogP contribution in [0.5, 0.6) is 0 Å². The van der Waals surface area contributed by atoms with Gasteiger partial charge in [-0.05, 0) is 36.6 Å². The van der Waals surface area contributed by atoms with Gasteiger partial charge in [-0.1, -0.05) is 11.6 Å². The first kappa shape index (κ1) is 10.8. The highest BCUT2D eigenvalue weighted by Gasteiger charge is 2.23. The summed E-state index contributed by atoms with van der Waals surface area (Å²) in [6.07, 6.45) is 2.17. The standard InChI is InChI=1S/C11H11Cl2NO/c12-6-8-5-7(1-4-10(8)13)11(15)14-9-2-3-9/h1,4-5,9H,2-3,6H2,(H,14,15). The Labute approximate surface area is 98.6 Å². The molecule has 1 aliphatic rings. The van der Waals surface area contributed by atoms with Crippen LogP contribution >= 0.6 is 23.2 Å². The highest BCUT2D eigenvalue weighted by atomic mass is 35.5. The first-order valence-corrected chi connectivity index (χ1v) is 5.77. The van der Waals surface area contributed by atoms with Crippen LogP contribution in [0.1, 0.15) is 28.8 Å². The molecular formula is C11H11Cl2NO. The van der Waals surface area contributed by atoms with Crippen LogP contribution in [0.25, 0.3) is 0 Å². The van der Waals surface area contributed by atoms with Gasteiger partial charge in [0, 0.05) is 22.5 Å². The third-order valence-electron chi connectivity index (χ3n) is 2.36. The minimum atomic E-state index is -0.0412. The number of carbonyl (C=O) groups excluding carboxylic acids is 1. The summed E-state index contributed by atoms with van der Waals surface area (Å²) in [6, 6.07) is 5.54. The second-order valence-electron chi connectivity index (χ2n) is 3.69. The van der Waals surface area contributed by atoms with Crippen molar-refractivity contribution in [3.63, 3.8) is 0 Å². The van der Waals surface area contributed by atoms with Crippen LogP contribution in [0, 0.1) is 0 Å². The number of hydrogen-bond acceptors (Lipinski definition) is 1. The van der Waals surface area contributed by atoms with Crippen LogP contribution in [0.3, 0.4) is 0 Å². The summed E-state index contributed by atoms with van der Waals surface area (Å²) in [5.74, 6) is 0.282. The summed E-state index contributed by atoms with van der Waals surface area (Å²) in [6.45, 7) is 0. The maximum atomic E-state index is 11.7. The first-order chi connectivity index (χ1) is 7.20. The molecule has 2 rings (SSSR count). The fourth-order valence-corrected chi connectivity index (χ4v) is 1.79. The van der Waals surface area contributed by atoms with E-state index in [1.807, 2.05) is 0 Å². The van der Waals surface area contributed by atoms with Crippen LogP contribution in [0.2, 0.25) is 5.02 Å². The largest absolute Gasteiger partial charge is 0.349 e. The van der Waals surface area contributed by atoms with E-state index < -0.39 is 0 Å². The lowest BCUT2D eigenvalue weighted by molar-refractivity contribution is 0.0951. The molecule has 0 saturated heterocycles. The molecule has 80 valence electrons. The molecule has 0 atom stereocenters. The molecule has 1 fully saturated rings. The number of carbonyl (C=O) groups is 1. The number of rotatable bonds is 3. The van der Waals surface area contributed by atoms with Gasteiger partial charge in [-0.15, -0.1) is 11.6 Å². The normalized spacial score (nSPS) is 15.1. The molecule has 1 aromatic carbocycles. The molecule has 15 heavy (non-hydrogen) atoms. The zero-order valence-corrected chi connectivity index (χ0v) is 9.61. The Morgan fingerprint density at radius 2 is 2.20 bits per heavy atom. The minimum absolute atomic E-state index is 0.0412. The number of halogens is 2. The molecule has 0 aliphatic heterocycles. The van der Waals surface area contributed by atoms with Crippen molar-refractivity contribution in [3.8, 4) is 0 Å². The number of hydrogen-bond donors (Lipinski definition) is 1. The zero-order chi connectivity index (χ0) is 10.8. The van der Waals surface area contributed by atoms with E-state index in [2.05, 4.69) is 5.32 Å². The molecule has 1 aliphatic carbocycles. The van der Waals surface area contributed by atoms with Crippen molar-refractivity contribution >= 4 is 29.1 Å². The Kier molecular flexibility index (Phi) is 3.17. The quantitative estimate of drug-likeness (QED) is 0.813. The Balaban J connectivity index is 2.16. The maximum absolute atomic E-state index is 11.7. The van der Waals surface area contributed by atoms with Gasteiger partial charge in [-0.3, -0.25) is 4.79 Å². The van der Waals surface area contributed by atoms with E-state index in [-0.39, 0.29) is 5.91 Å². The second-order valence-corrected chi connectivity index (χ2v) is 4.36. The van der Waals surface area contributed by atoms with Crippen molar-refractivity contribution in [1.82, 2.24) is 5.32 Å². The van der Waals surface area contributed by atoms with E-state index in [0.717, 1.165) is 18.4 Å². The average molecular weight is 244 g/mol. The lowest BCUT2D eigenvalue weighted by atomic mass is 10.1. The van der Waals surface area contributed by atoms with E-state index in [1.54, 1.807) is 18.2 Å². The van der Waals surface area contributed by atoms with Gasteiger partial charge in [0.2, 0.25) is 0 Å². The predicted molar refractivity (Wildman–Crippen MR) is 61.5 cm³/mol. The number of nitrogens with one attached hydrogen (secondary N) is 1. The van der Waals surface area contributed by atoms with E-state index in [9.17, 15) is 4.79 Å². The predicted octanol–water partition coefficient (Wildman–Crippen LogP) is 2.97. The van der Waals surface area contributed by atoms with Crippen molar-refractivity contribution in [2.75, 3.05) is 0 Å². The Morgan fingerprint density at radius 3 is 2.80 bits per heavy atom. The van der Waals surface area contributed by atoms with Crippen LogP contribution in [0.4, 0.5) is 0 Å². The van der Waals surface area contributed by atoms with Gasteiger partial charge < -0.3 is 5.32 Å². The molecule has 0 bridgehead atoms. The third kappa shape index (κ3) is 2.64. The summed E-state index contributed by atoms with van der Waals surface area (Å²) in [4.78, 5) is 11.7. The van der Waals surface area contributed by atoms with Gasteiger partial charge in [-0.25, -0.2) is 0 Å². The van der Waals surface area contributed by atoms with E-state index in [1.165, 1.54) is 0 Å².